The zero-order valence-corrected chi connectivity index (χ0v) is 12.8. The van der Waals surface area contributed by atoms with Crippen LogP contribution in [0.15, 0.2) is 41.8 Å². The molecule has 0 fully saturated rings. The Morgan fingerprint density at radius 1 is 1.26 bits per heavy atom. The molecule has 0 aliphatic carbocycles. The van der Waals surface area contributed by atoms with Crippen LogP contribution in [0.3, 0.4) is 0 Å². The van der Waals surface area contributed by atoms with Crippen molar-refractivity contribution in [2.45, 2.75) is 13.2 Å². The fraction of sp³-hybridized carbons (Fsp3) is 0.133. The molecule has 0 atom stereocenters. The number of rotatable bonds is 5. The van der Waals surface area contributed by atoms with E-state index in [0.717, 1.165) is 9.67 Å². The maximum Gasteiger partial charge on any atom is 0.274 e. The summed E-state index contributed by atoms with van der Waals surface area (Å²) in [7, 11) is 0. The Bertz CT molecular complexity index is 817. The highest BCUT2D eigenvalue weighted by atomic mass is 32.1. The molecule has 1 amide bonds. The Hall–Kier alpha value is -2.58. The van der Waals surface area contributed by atoms with E-state index in [1.54, 1.807) is 12.1 Å². The number of amides is 1. The summed E-state index contributed by atoms with van der Waals surface area (Å²) in [6.07, 6.45) is 0. The third-order valence-corrected chi connectivity index (χ3v) is 4.00. The molecule has 0 saturated carbocycles. The summed E-state index contributed by atoms with van der Waals surface area (Å²) in [4.78, 5) is 14.2. The quantitative estimate of drug-likeness (QED) is 0.748. The van der Waals surface area contributed by atoms with Gasteiger partial charge >= 0.3 is 0 Å². The minimum absolute atomic E-state index is 0.0210. The fourth-order valence-corrected chi connectivity index (χ4v) is 2.65. The maximum atomic E-state index is 13.8. The Morgan fingerprint density at radius 2 is 2.09 bits per heavy atom. The smallest absolute Gasteiger partial charge is 0.274 e. The van der Waals surface area contributed by atoms with E-state index in [9.17, 15) is 14.3 Å². The number of carbonyl (C=O) groups excluding carboxylic acids is 1. The van der Waals surface area contributed by atoms with Gasteiger partial charge in [-0.2, -0.15) is 0 Å². The van der Waals surface area contributed by atoms with Crippen molar-refractivity contribution in [1.82, 2.24) is 20.3 Å². The highest BCUT2D eigenvalue weighted by Gasteiger charge is 2.19. The number of aromatic nitrogens is 3. The Morgan fingerprint density at radius 3 is 2.78 bits per heavy atom. The first kappa shape index (κ1) is 15.3. The Kier molecular flexibility index (Phi) is 4.45. The van der Waals surface area contributed by atoms with Crippen molar-refractivity contribution in [1.29, 1.82) is 0 Å². The number of nitrogens with zero attached hydrogens (tertiary/aromatic N) is 3. The van der Waals surface area contributed by atoms with E-state index in [-0.39, 0.29) is 17.1 Å². The highest BCUT2D eigenvalue weighted by Crippen LogP contribution is 2.13. The van der Waals surface area contributed by atoms with Gasteiger partial charge in [0.05, 0.1) is 13.2 Å². The molecule has 0 aliphatic heterocycles. The molecule has 118 valence electrons. The lowest BCUT2D eigenvalue weighted by Crippen LogP contribution is -2.24. The zero-order valence-electron chi connectivity index (χ0n) is 11.9. The SMILES string of the molecule is O=C(NCc1cccs1)c1nn(-c2ccccc2F)nc1CO. The van der Waals surface area contributed by atoms with Crippen LogP contribution in [0.4, 0.5) is 4.39 Å². The van der Waals surface area contributed by atoms with Crippen LogP contribution in [-0.4, -0.2) is 26.0 Å². The second-order valence-corrected chi connectivity index (χ2v) is 5.69. The van der Waals surface area contributed by atoms with Crippen molar-refractivity contribution in [3.63, 3.8) is 0 Å². The van der Waals surface area contributed by atoms with Crippen LogP contribution >= 0.6 is 11.3 Å². The van der Waals surface area contributed by atoms with Crippen LogP contribution in [0.5, 0.6) is 0 Å². The molecule has 0 aliphatic rings. The number of hydrogen-bond donors (Lipinski definition) is 2. The summed E-state index contributed by atoms with van der Waals surface area (Å²) >= 11 is 1.52. The van der Waals surface area contributed by atoms with Crippen molar-refractivity contribution in [3.05, 3.63) is 63.9 Å². The van der Waals surface area contributed by atoms with Gasteiger partial charge in [0.25, 0.3) is 5.91 Å². The lowest BCUT2D eigenvalue weighted by atomic mass is 10.3. The van der Waals surface area contributed by atoms with Crippen LogP contribution in [0, 0.1) is 5.82 Å². The minimum atomic E-state index is -0.516. The van der Waals surface area contributed by atoms with Gasteiger partial charge in [-0.25, -0.2) is 4.39 Å². The monoisotopic (exact) mass is 332 g/mol. The van der Waals surface area contributed by atoms with Gasteiger partial charge in [-0.1, -0.05) is 18.2 Å². The highest BCUT2D eigenvalue weighted by molar-refractivity contribution is 7.09. The number of halogens is 1. The molecular weight excluding hydrogens is 319 g/mol. The number of nitrogens with one attached hydrogen (secondary N) is 1. The first-order valence-corrected chi connectivity index (χ1v) is 7.69. The Balaban J connectivity index is 1.84. The van der Waals surface area contributed by atoms with E-state index in [1.807, 2.05) is 17.5 Å². The predicted molar refractivity (Wildman–Crippen MR) is 82.7 cm³/mol. The molecule has 2 aromatic heterocycles. The molecule has 1 aromatic carbocycles. The normalized spacial score (nSPS) is 10.7. The van der Waals surface area contributed by atoms with Gasteiger partial charge in [0.2, 0.25) is 0 Å². The minimum Gasteiger partial charge on any atom is -0.390 e. The van der Waals surface area contributed by atoms with Crippen molar-refractivity contribution in [2.24, 2.45) is 0 Å². The van der Waals surface area contributed by atoms with Gasteiger partial charge in [-0.15, -0.1) is 26.3 Å². The summed E-state index contributed by atoms with van der Waals surface area (Å²) in [5.41, 5.74) is 0.184. The molecule has 23 heavy (non-hydrogen) atoms. The molecule has 0 saturated heterocycles. The van der Waals surface area contributed by atoms with E-state index < -0.39 is 18.3 Å². The number of benzene rings is 1. The van der Waals surface area contributed by atoms with Gasteiger partial charge in [0.1, 0.15) is 11.4 Å². The average Bonchev–Trinajstić information content (AvgIpc) is 3.22. The first-order chi connectivity index (χ1) is 11.2. The molecule has 6 nitrogen and oxygen atoms in total. The van der Waals surface area contributed by atoms with Crippen molar-refractivity contribution < 1.29 is 14.3 Å². The van der Waals surface area contributed by atoms with E-state index in [1.165, 1.54) is 23.5 Å². The summed E-state index contributed by atoms with van der Waals surface area (Å²) in [6, 6.07) is 9.73. The first-order valence-electron chi connectivity index (χ1n) is 6.81. The van der Waals surface area contributed by atoms with E-state index in [4.69, 9.17) is 0 Å². The molecule has 3 rings (SSSR count). The van der Waals surface area contributed by atoms with Gasteiger partial charge in [0, 0.05) is 4.88 Å². The molecule has 2 heterocycles. The van der Waals surface area contributed by atoms with Gasteiger partial charge in [-0.05, 0) is 23.6 Å². The molecular formula is C15H13FN4O2S. The standard InChI is InChI=1S/C15H13FN4O2S/c16-11-5-1-2-6-13(11)20-18-12(9-21)14(19-20)15(22)17-8-10-4-3-7-23-10/h1-7,21H,8-9H2,(H,17,22). The second-order valence-electron chi connectivity index (χ2n) is 4.66. The summed E-state index contributed by atoms with van der Waals surface area (Å²) < 4.78 is 13.8. The number of aliphatic hydroxyl groups is 1. The topological polar surface area (TPSA) is 80.0 Å². The van der Waals surface area contributed by atoms with Gasteiger partial charge in [-0.3, -0.25) is 4.79 Å². The van der Waals surface area contributed by atoms with Crippen LogP contribution in [0.2, 0.25) is 0 Å². The fourth-order valence-electron chi connectivity index (χ4n) is 2.01. The molecule has 2 N–H and O–H groups in total. The lowest BCUT2D eigenvalue weighted by molar-refractivity contribution is 0.0942. The molecule has 8 heteroatoms. The number of para-hydroxylation sites is 1. The summed E-state index contributed by atoms with van der Waals surface area (Å²) in [6.45, 7) is -0.107. The van der Waals surface area contributed by atoms with Gasteiger partial charge in [0.15, 0.2) is 11.5 Å². The summed E-state index contributed by atoms with van der Waals surface area (Å²) in [5.74, 6) is -0.984. The third-order valence-electron chi connectivity index (χ3n) is 3.12. The number of thiophene rings is 1. The van der Waals surface area contributed by atoms with Gasteiger partial charge < -0.3 is 10.4 Å². The molecule has 3 aromatic rings. The van der Waals surface area contributed by atoms with E-state index >= 15 is 0 Å². The third kappa shape index (κ3) is 3.27. The van der Waals surface area contributed by atoms with Crippen LogP contribution in [0.1, 0.15) is 21.1 Å². The van der Waals surface area contributed by atoms with Crippen LogP contribution < -0.4 is 5.32 Å². The number of hydrogen-bond acceptors (Lipinski definition) is 5. The number of aliphatic hydroxyl groups excluding tert-OH is 1. The number of carbonyl (C=O) groups is 1. The molecule has 0 spiro atoms. The average molecular weight is 332 g/mol. The molecule has 0 unspecified atom stereocenters. The van der Waals surface area contributed by atoms with Crippen LogP contribution in [-0.2, 0) is 13.2 Å². The zero-order chi connectivity index (χ0) is 16.2. The molecule has 0 bridgehead atoms. The maximum absolute atomic E-state index is 13.8. The van der Waals surface area contributed by atoms with E-state index in [0.29, 0.717) is 6.54 Å². The van der Waals surface area contributed by atoms with Crippen molar-refractivity contribution in [3.8, 4) is 5.69 Å². The van der Waals surface area contributed by atoms with E-state index in [2.05, 4.69) is 15.5 Å². The largest absolute Gasteiger partial charge is 0.390 e. The molecule has 0 radical (unpaired) electrons. The Labute approximate surface area is 135 Å². The van der Waals surface area contributed by atoms with Crippen LogP contribution in [0.25, 0.3) is 5.69 Å². The van der Waals surface area contributed by atoms with Crippen molar-refractivity contribution in [2.75, 3.05) is 0 Å². The lowest BCUT2D eigenvalue weighted by Gasteiger charge is -2.01. The second kappa shape index (κ2) is 6.67. The predicted octanol–water partition coefficient (Wildman–Crippen LogP) is 1.89. The van der Waals surface area contributed by atoms with Crippen molar-refractivity contribution >= 4 is 17.2 Å². The summed E-state index contributed by atoms with van der Waals surface area (Å²) in [5, 5.41) is 22.0.